The zero-order chi connectivity index (χ0) is 16.9. The lowest BCUT2D eigenvalue weighted by atomic mass is 10.2. The third kappa shape index (κ3) is 4.14. The van der Waals surface area contributed by atoms with Crippen LogP contribution in [0.25, 0.3) is 0 Å². The molecule has 1 saturated heterocycles. The van der Waals surface area contributed by atoms with Crippen LogP contribution in [0.1, 0.15) is 18.4 Å². The van der Waals surface area contributed by atoms with Crippen LogP contribution < -0.4 is 10.2 Å². The van der Waals surface area contributed by atoms with Gasteiger partial charge in [-0.25, -0.2) is 4.98 Å². The number of nitrogens with one attached hydrogen (secondary N) is 1. The van der Waals surface area contributed by atoms with Crippen LogP contribution in [0, 0.1) is 6.92 Å². The van der Waals surface area contributed by atoms with Crippen molar-refractivity contribution < 1.29 is 9.21 Å². The Kier molecular flexibility index (Phi) is 5.15. The maximum atomic E-state index is 12.1. The van der Waals surface area contributed by atoms with E-state index in [1.807, 2.05) is 37.3 Å². The SMILES string of the molecule is Cc1cccc(N2CCN(CC(=O)NCc3ccco3)[C@@H](C)C2)n1. The van der Waals surface area contributed by atoms with Crippen molar-refractivity contribution >= 4 is 11.7 Å². The summed E-state index contributed by atoms with van der Waals surface area (Å²) in [4.78, 5) is 21.2. The summed E-state index contributed by atoms with van der Waals surface area (Å²) in [5, 5.41) is 2.90. The lowest BCUT2D eigenvalue weighted by Gasteiger charge is -2.40. The van der Waals surface area contributed by atoms with Gasteiger partial charge in [-0.2, -0.15) is 0 Å². The standard InChI is InChI=1S/C18H24N4O2/c1-14-5-3-7-17(20-14)22-9-8-21(15(2)12-22)13-18(23)19-11-16-6-4-10-24-16/h3-7,10,15H,8-9,11-13H2,1-2H3,(H,19,23)/t15-/m0/s1. The second kappa shape index (κ2) is 7.49. The molecule has 2 aromatic heterocycles. The fourth-order valence-electron chi connectivity index (χ4n) is 2.98. The fourth-order valence-corrected chi connectivity index (χ4v) is 2.98. The van der Waals surface area contributed by atoms with Crippen LogP contribution in [0.4, 0.5) is 5.82 Å². The molecule has 1 amide bonds. The van der Waals surface area contributed by atoms with Crippen molar-refractivity contribution in [2.75, 3.05) is 31.1 Å². The van der Waals surface area contributed by atoms with Crippen molar-refractivity contribution in [2.45, 2.75) is 26.4 Å². The molecule has 0 bridgehead atoms. The minimum absolute atomic E-state index is 0.0281. The van der Waals surface area contributed by atoms with E-state index in [9.17, 15) is 4.79 Å². The first kappa shape index (κ1) is 16.5. The van der Waals surface area contributed by atoms with Crippen LogP contribution in [-0.4, -0.2) is 48.0 Å². The van der Waals surface area contributed by atoms with Gasteiger partial charge in [-0.05, 0) is 38.1 Å². The summed E-state index contributed by atoms with van der Waals surface area (Å²) in [7, 11) is 0. The molecule has 2 aromatic rings. The van der Waals surface area contributed by atoms with Crippen molar-refractivity contribution in [1.29, 1.82) is 0 Å². The summed E-state index contributed by atoms with van der Waals surface area (Å²) in [6.07, 6.45) is 1.61. The predicted octanol–water partition coefficient (Wildman–Crippen LogP) is 1.81. The molecule has 6 heteroatoms. The van der Waals surface area contributed by atoms with E-state index in [1.54, 1.807) is 6.26 Å². The molecule has 24 heavy (non-hydrogen) atoms. The van der Waals surface area contributed by atoms with Crippen LogP contribution in [0.5, 0.6) is 0 Å². The summed E-state index contributed by atoms with van der Waals surface area (Å²) >= 11 is 0. The zero-order valence-corrected chi connectivity index (χ0v) is 14.2. The number of nitrogens with zero attached hydrogens (tertiary/aromatic N) is 3. The monoisotopic (exact) mass is 328 g/mol. The Bertz CT molecular complexity index is 671. The Morgan fingerprint density at radius 2 is 2.21 bits per heavy atom. The van der Waals surface area contributed by atoms with Crippen molar-refractivity contribution in [3.8, 4) is 0 Å². The molecule has 128 valence electrons. The number of carbonyl (C=O) groups is 1. The fraction of sp³-hybridized carbons (Fsp3) is 0.444. The van der Waals surface area contributed by atoms with Gasteiger partial charge in [0.05, 0.1) is 19.4 Å². The van der Waals surface area contributed by atoms with Gasteiger partial charge >= 0.3 is 0 Å². The Labute approximate surface area is 142 Å². The van der Waals surface area contributed by atoms with Gasteiger partial charge < -0.3 is 14.6 Å². The number of rotatable bonds is 5. The summed E-state index contributed by atoms with van der Waals surface area (Å²) in [6, 6.07) is 10.1. The first-order valence-electron chi connectivity index (χ1n) is 8.33. The van der Waals surface area contributed by atoms with E-state index < -0.39 is 0 Å². The average molecular weight is 328 g/mol. The van der Waals surface area contributed by atoms with Crippen LogP contribution in [0.15, 0.2) is 41.0 Å². The van der Waals surface area contributed by atoms with E-state index in [4.69, 9.17) is 4.42 Å². The summed E-state index contributed by atoms with van der Waals surface area (Å²) in [5.74, 6) is 1.82. The minimum atomic E-state index is 0.0281. The molecular formula is C18H24N4O2. The molecule has 0 spiro atoms. The second-order valence-electron chi connectivity index (χ2n) is 6.26. The maximum absolute atomic E-state index is 12.1. The van der Waals surface area contributed by atoms with Crippen LogP contribution in [-0.2, 0) is 11.3 Å². The maximum Gasteiger partial charge on any atom is 0.234 e. The van der Waals surface area contributed by atoms with Crippen molar-refractivity contribution in [1.82, 2.24) is 15.2 Å². The molecule has 0 radical (unpaired) electrons. The number of piperazine rings is 1. The molecule has 1 aliphatic rings. The average Bonchev–Trinajstić information content (AvgIpc) is 3.08. The number of hydrogen-bond acceptors (Lipinski definition) is 5. The molecule has 0 saturated carbocycles. The van der Waals surface area contributed by atoms with Gasteiger partial charge in [0.2, 0.25) is 5.91 Å². The van der Waals surface area contributed by atoms with E-state index in [-0.39, 0.29) is 5.91 Å². The van der Waals surface area contributed by atoms with Gasteiger partial charge in [0.15, 0.2) is 0 Å². The largest absolute Gasteiger partial charge is 0.467 e. The second-order valence-corrected chi connectivity index (χ2v) is 6.26. The molecule has 3 heterocycles. The molecule has 1 atom stereocenters. The van der Waals surface area contributed by atoms with Crippen molar-refractivity contribution in [3.05, 3.63) is 48.0 Å². The quantitative estimate of drug-likeness (QED) is 0.907. The smallest absolute Gasteiger partial charge is 0.234 e. The van der Waals surface area contributed by atoms with Gasteiger partial charge in [0.25, 0.3) is 0 Å². The zero-order valence-electron chi connectivity index (χ0n) is 14.2. The molecule has 0 aromatic carbocycles. The van der Waals surface area contributed by atoms with Crippen molar-refractivity contribution in [2.24, 2.45) is 0 Å². The van der Waals surface area contributed by atoms with Gasteiger partial charge in [-0.15, -0.1) is 0 Å². The lowest BCUT2D eigenvalue weighted by molar-refractivity contribution is -0.123. The van der Waals surface area contributed by atoms with E-state index in [2.05, 4.69) is 27.0 Å². The predicted molar refractivity (Wildman–Crippen MR) is 92.8 cm³/mol. The molecule has 0 aliphatic carbocycles. The summed E-state index contributed by atoms with van der Waals surface area (Å²) < 4.78 is 5.23. The van der Waals surface area contributed by atoms with E-state index >= 15 is 0 Å². The van der Waals surface area contributed by atoms with Gasteiger partial charge in [0, 0.05) is 31.4 Å². The number of amides is 1. The Balaban J connectivity index is 1.49. The lowest BCUT2D eigenvalue weighted by Crippen LogP contribution is -2.54. The number of anilines is 1. The van der Waals surface area contributed by atoms with Crippen LogP contribution >= 0.6 is 0 Å². The number of hydrogen-bond donors (Lipinski definition) is 1. The normalized spacial score (nSPS) is 18.6. The highest BCUT2D eigenvalue weighted by Gasteiger charge is 2.25. The van der Waals surface area contributed by atoms with Gasteiger partial charge in [-0.1, -0.05) is 6.07 Å². The summed E-state index contributed by atoms with van der Waals surface area (Å²) in [5.41, 5.74) is 1.03. The van der Waals surface area contributed by atoms with E-state index in [0.717, 1.165) is 36.9 Å². The number of carbonyl (C=O) groups excluding carboxylic acids is 1. The molecule has 3 rings (SSSR count). The molecule has 1 fully saturated rings. The number of aromatic nitrogens is 1. The van der Waals surface area contributed by atoms with E-state index in [1.165, 1.54) is 0 Å². The highest BCUT2D eigenvalue weighted by atomic mass is 16.3. The first-order valence-corrected chi connectivity index (χ1v) is 8.33. The number of furan rings is 1. The Morgan fingerprint density at radius 1 is 1.33 bits per heavy atom. The van der Waals surface area contributed by atoms with Gasteiger partial charge in [0.1, 0.15) is 11.6 Å². The van der Waals surface area contributed by atoms with Crippen LogP contribution in [0.3, 0.4) is 0 Å². The molecule has 1 aliphatic heterocycles. The molecule has 6 nitrogen and oxygen atoms in total. The highest BCUT2D eigenvalue weighted by molar-refractivity contribution is 5.78. The summed E-state index contributed by atoms with van der Waals surface area (Å²) in [6.45, 7) is 7.62. The molecule has 1 N–H and O–H groups in total. The molecule has 0 unspecified atom stereocenters. The van der Waals surface area contributed by atoms with Crippen LogP contribution in [0.2, 0.25) is 0 Å². The van der Waals surface area contributed by atoms with Gasteiger partial charge in [-0.3, -0.25) is 9.69 Å². The highest BCUT2D eigenvalue weighted by Crippen LogP contribution is 2.17. The van der Waals surface area contributed by atoms with Crippen molar-refractivity contribution in [3.63, 3.8) is 0 Å². The third-order valence-corrected chi connectivity index (χ3v) is 4.35. The topological polar surface area (TPSA) is 61.6 Å². The minimum Gasteiger partial charge on any atom is -0.467 e. The number of pyridine rings is 1. The Morgan fingerprint density at radius 3 is 2.92 bits per heavy atom. The Hall–Kier alpha value is -2.34. The van der Waals surface area contributed by atoms with E-state index in [0.29, 0.717) is 19.1 Å². The number of aryl methyl sites for hydroxylation is 1. The third-order valence-electron chi connectivity index (χ3n) is 4.35. The first-order chi connectivity index (χ1) is 11.6. The molecular weight excluding hydrogens is 304 g/mol.